The number of rotatable bonds is 6. The van der Waals surface area contributed by atoms with Gasteiger partial charge in [-0.15, -0.1) is 0 Å². The van der Waals surface area contributed by atoms with Crippen LogP contribution in [-0.4, -0.2) is 19.3 Å². The van der Waals surface area contributed by atoms with Crippen LogP contribution in [0.15, 0.2) is 60.7 Å². The summed E-state index contributed by atoms with van der Waals surface area (Å²) >= 11 is 0. The molecule has 0 radical (unpaired) electrons. The summed E-state index contributed by atoms with van der Waals surface area (Å²) in [5.41, 5.74) is -2.87. The lowest BCUT2D eigenvalue weighted by Gasteiger charge is -2.33. The zero-order chi connectivity index (χ0) is 18.5. The molecule has 2 aromatic carbocycles. The fourth-order valence-corrected chi connectivity index (χ4v) is 2.65. The molecule has 0 heterocycles. The number of methoxy groups -OCH3 is 1. The third-order valence-electron chi connectivity index (χ3n) is 3.96. The molecule has 0 amide bonds. The first-order chi connectivity index (χ1) is 11.9. The molecule has 0 spiro atoms. The van der Waals surface area contributed by atoms with Crippen molar-refractivity contribution in [2.45, 2.75) is 31.2 Å². The maximum Gasteiger partial charge on any atom is 0.432 e. The molecule has 0 aliphatic heterocycles. The summed E-state index contributed by atoms with van der Waals surface area (Å²) in [5, 5.41) is 0. The van der Waals surface area contributed by atoms with E-state index in [1.54, 1.807) is 43.3 Å². The molecule has 0 saturated heterocycles. The van der Waals surface area contributed by atoms with Gasteiger partial charge in [-0.25, -0.2) is 4.79 Å². The monoisotopic (exact) mass is 352 g/mol. The van der Waals surface area contributed by atoms with Crippen LogP contribution in [0.5, 0.6) is 0 Å². The first-order valence-corrected chi connectivity index (χ1v) is 7.80. The van der Waals surface area contributed by atoms with Gasteiger partial charge in [0.15, 0.2) is 0 Å². The fraction of sp³-hybridized carbons (Fsp3) is 0.316. The summed E-state index contributed by atoms with van der Waals surface area (Å²) in [7, 11) is 0.852. The van der Waals surface area contributed by atoms with Crippen molar-refractivity contribution >= 4 is 5.97 Å². The molecule has 0 aliphatic carbocycles. The van der Waals surface area contributed by atoms with Gasteiger partial charge in [-0.2, -0.15) is 13.2 Å². The Morgan fingerprint density at radius 1 is 1.00 bits per heavy atom. The molecule has 0 aliphatic rings. The van der Waals surface area contributed by atoms with Gasteiger partial charge in [0.1, 0.15) is 6.10 Å². The third-order valence-corrected chi connectivity index (χ3v) is 3.96. The quantitative estimate of drug-likeness (QED) is 0.702. The fourth-order valence-electron chi connectivity index (χ4n) is 2.65. The minimum absolute atomic E-state index is 0.321. The molecule has 0 fully saturated rings. The Bertz CT molecular complexity index is 686. The SMILES string of the molecule is CC[C@H](OC(=O)[C@@](OC)(c1ccccc1)C(F)(F)F)c1ccccc1. The van der Waals surface area contributed by atoms with Crippen molar-refractivity contribution < 1.29 is 27.4 Å². The van der Waals surface area contributed by atoms with Crippen LogP contribution >= 0.6 is 0 Å². The highest BCUT2D eigenvalue weighted by atomic mass is 19.4. The van der Waals surface area contributed by atoms with Crippen LogP contribution in [0.1, 0.15) is 30.6 Å². The molecule has 25 heavy (non-hydrogen) atoms. The van der Waals surface area contributed by atoms with Crippen molar-refractivity contribution in [3.8, 4) is 0 Å². The number of hydrogen-bond acceptors (Lipinski definition) is 3. The number of benzene rings is 2. The Morgan fingerprint density at radius 3 is 1.96 bits per heavy atom. The minimum Gasteiger partial charge on any atom is -0.455 e. The Hall–Kier alpha value is -2.34. The standard InChI is InChI=1S/C19H19F3O3/c1-3-16(14-10-6-4-7-11-14)25-17(23)18(24-2,19(20,21)22)15-12-8-5-9-13-15/h4-13,16H,3H2,1-2H3/t16-,18-/m0/s1. The van der Waals surface area contributed by atoms with Crippen molar-refractivity contribution in [3.05, 3.63) is 71.8 Å². The number of esters is 1. The lowest BCUT2D eigenvalue weighted by molar-refractivity contribution is -0.278. The Morgan fingerprint density at radius 2 is 1.52 bits per heavy atom. The zero-order valence-corrected chi connectivity index (χ0v) is 13.9. The normalized spacial score (nSPS) is 15.2. The highest BCUT2D eigenvalue weighted by Crippen LogP contribution is 2.44. The van der Waals surface area contributed by atoms with E-state index in [4.69, 9.17) is 9.47 Å². The minimum atomic E-state index is -4.98. The van der Waals surface area contributed by atoms with Crippen LogP contribution in [0.3, 0.4) is 0 Å². The molecular weight excluding hydrogens is 333 g/mol. The molecule has 0 N–H and O–H groups in total. The van der Waals surface area contributed by atoms with Gasteiger partial charge in [0.25, 0.3) is 5.60 Å². The summed E-state index contributed by atoms with van der Waals surface area (Å²) in [6, 6.07) is 15.4. The highest BCUT2D eigenvalue weighted by molar-refractivity contribution is 5.83. The average molecular weight is 352 g/mol. The molecule has 0 aromatic heterocycles. The van der Waals surface area contributed by atoms with E-state index in [9.17, 15) is 18.0 Å². The van der Waals surface area contributed by atoms with Crippen LogP contribution in [0.25, 0.3) is 0 Å². The largest absolute Gasteiger partial charge is 0.455 e. The van der Waals surface area contributed by atoms with Crippen LogP contribution in [-0.2, 0) is 19.9 Å². The Labute approximate surface area is 144 Å². The van der Waals surface area contributed by atoms with E-state index in [2.05, 4.69) is 0 Å². The zero-order valence-electron chi connectivity index (χ0n) is 13.9. The molecular formula is C19H19F3O3. The first kappa shape index (κ1) is 19.0. The summed E-state index contributed by atoms with van der Waals surface area (Å²) in [6.07, 6.45) is -5.44. The second-order valence-electron chi connectivity index (χ2n) is 5.46. The van der Waals surface area contributed by atoms with E-state index in [0.717, 1.165) is 7.11 Å². The number of halogens is 3. The van der Waals surface area contributed by atoms with Gasteiger partial charge in [-0.05, 0) is 12.0 Å². The lowest BCUT2D eigenvalue weighted by Crippen LogP contribution is -2.52. The average Bonchev–Trinajstić information content (AvgIpc) is 2.61. The van der Waals surface area contributed by atoms with E-state index in [1.165, 1.54) is 24.3 Å². The molecule has 2 rings (SSSR count). The van der Waals surface area contributed by atoms with Crippen molar-refractivity contribution in [1.82, 2.24) is 0 Å². The van der Waals surface area contributed by atoms with E-state index < -0.39 is 23.9 Å². The predicted octanol–water partition coefficient (Wildman–Crippen LogP) is 4.79. The van der Waals surface area contributed by atoms with Gasteiger partial charge in [0.05, 0.1) is 0 Å². The highest BCUT2D eigenvalue weighted by Gasteiger charge is 2.64. The van der Waals surface area contributed by atoms with E-state index in [-0.39, 0.29) is 5.56 Å². The van der Waals surface area contributed by atoms with Crippen LogP contribution < -0.4 is 0 Å². The molecule has 0 saturated carbocycles. The molecule has 6 heteroatoms. The molecule has 3 nitrogen and oxygen atoms in total. The lowest BCUT2D eigenvalue weighted by atomic mass is 9.92. The van der Waals surface area contributed by atoms with Gasteiger partial charge < -0.3 is 9.47 Å². The number of carbonyl (C=O) groups is 1. The van der Waals surface area contributed by atoms with E-state index in [0.29, 0.717) is 12.0 Å². The van der Waals surface area contributed by atoms with Gasteiger partial charge >= 0.3 is 12.1 Å². The molecule has 134 valence electrons. The van der Waals surface area contributed by atoms with Crippen molar-refractivity contribution in [2.24, 2.45) is 0 Å². The summed E-state index contributed by atoms with van der Waals surface area (Å²) < 4.78 is 51.5. The van der Waals surface area contributed by atoms with Gasteiger partial charge in [0.2, 0.25) is 0 Å². The summed E-state index contributed by atoms with van der Waals surface area (Å²) in [4.78, 5) is 12.6. The number of alkyl halides is 3. The number of carbonyl (C=O) groups excluding carboxylic acids is 1. The van der Waals surface area contributed by atoms with Crippen molar-refractivity contribution in [2.75, 3.05) is 7.11 Å². The van der Waals surface area contributed by atoms with E-state index in [1.807, 2.05) is 0 Å². The molecule has 2 atom stereocenters. The maximum absolute atomic E-state index is 13.8. The number of ether oxygens (including phenoxy) is 2. The second kappa shape index (κ2) is 7.70. The van der Waals surface area contributed by atoms with Gasteiger partial charge in [0, 0.05) is 12.7 Å². The predicted molar refractivity (Wildman–Crippen MR) is 86.8 cm³/mol. The topological polar surface area (TPSA) is 35.5 Å². The second-order valence-corrected chi connectivity index (χ2v) is 5.46. The summed E-state index contributed by atoms with van der Waals surface area (Å²) in [6.45, 7) is 1.73. The van der Waals surface area contributed by atoms with Crippen molar-refractivity contribution in [1.29, 1.82) is 0 Å². The van der Waals surface area contributed by atoms with Crippen LogP contribution in [0.4, 0.5) is 13.2 Å². The summed E-state index contributed by atoms with van der Waals surface area (Å²) in [5.74, 6) is -1.48. The third kappa shape index (κ3) is 3.69. The van der Waals surface area contributed by atoms with Crippen molar-refractivity contribution in [3.63, 3.8) is 0 Å². The van der Waals surface area contributed by atoms with Gasteiger partial charge in [-0.1, -0.05) is 67.6 Å². The first-order valence-electron chi connectivity index (χ1n) is 7.80. The van der Waals surface area contributed by atoms with Crippen LogP contribution in [0.2, 0.25) is 0 Å². The molecule has 0 unspecified atom stereocenters. The molecule has 2 aromatic rings. The van der Waals surface area contributed by atoms with E-state index >= 15 is 0 Å². The number of hydrogen-bond donors (Lipinski definition) is 0. The van der Waals surface area contributed by atoms with Gasteiger partial charge in [-0.3, -0.25) is 0 Å². The smallest absolute Gasteiger partial charge is 0.432 e. The Kier molecular flexibility index (Phi) is 5.85. The molecule has 0 bridgehead atoms. The Balaban J connectivity index is 2.43. The van der Waals surface area contributed by atoms with Crippen LogP contribution in [0, 0.1) is 0 Å². The maximum atomic E-state index is 13.8.